The van der Waals surface area contributed by atoms with E-state index in [0.717, 1.165) is 50.9 Å². The summed E-state index contributed by atoms with van der Waals surface area (Å²) in [4.78, 5) is 13.1. The number of morpholine rings is 1. The Kier molecular flexibility index (Phi) is 7.67. The monoisotopic (exact) mass is 342 g/mol. The molecule has 5 heteroatoms. The Morgan fingerprint density at radius 1 is 1.12 bits per heavy atom. The molecule has 0 aliphatic carbocycles. The lowest BCUT2D eigenvalue weighted by Gasteiger charge is -2.27. The van der Waals surface area contributed by atoms with Gasteiger partial charge in [-0.15, -0.1) is 0 Å². The van der Waals surface area contributed by atoms with E-state index < -0.39 is 0 Å². The average molecular weight is 342 g/mol. The molecule has 2 aromatic rings. The van der Waals surface area contributed by atoms with Gasteiger partial charge >= 0.3 is 0 Å². The Balaban J connectivity index is 0.000000181. The minimum absolute atomic E-state index is 0.815. The van der Waals surface area contributed by atoms with E-state index in [1.807, 2.05) is 18.5 Å². The quantitative estimate of drug-likeness (QED) is 0.851. The predicted molar refractivity (Wildman–Crippen MR) is 105 cm³/mol. The molecule has 1 fully saturated rings. The molecule has 0 radical (unpaired) electrons. The minimum Gasteiger partial charge on any atom is -0.378 e. The molecule has 0 aromatic carbocycles. The standard InChI is InChI=1S/C10H14N2O.C10H16N2/c1-9-2-3-10(11-8-9)12-4-6-13-7-5-12;1-4-8-12(3)10-9(2)6-5-7-11-10/h2-3,8H,4-7H2,1H3;5-7H,4,8H2,1-3H3. The van der Waals surface area contributed by atoms with Crippen molar-refractivity contribution in [1.29, 1.82) is 0 Å². The molecule has 3 rings (SSSR count). The third-order valence-corrected chi connectivity index (χ3v) is 4.13. The summed E-state index contributed by atoms with van der Waals surface area (Å²) in [6.45, 7) is 10.9. The number of anilines is 2. The van der Waals surface area contributed by atoms with Gasteiger partial charge in [-0.05, 0) is 43.5 Å². The van der Waals surface area contributed by atoms with Crippen molar-refractivity contribution < 1.29 is 4.74 Å². The van der Waals surface area contributed by atoms with Gasteiger partial charge in [0.25, 0.3) is 0 Å². The third-order valence-electron chi connectivity index (χ3n) is 4.13. The molecular weight excluding hydrogens is 312 g/mol. The number of nitrogens with zero attached hydrogens (tertiary/aromatic N) is 4. The van der Waals surface area contributed by atoms with Crippen LogP contribution >= 0.6 is 0 Å². The number of hydrogen-bond acceptors (Lipinski definition) is 5. The topological polar surface area (TPSA) is 41.5 Å². The van der Waals surface area contributed by atoms with Crippen LogP contribution in [-0.4, -0.2) is 49.9 Å². The maximum Gasteiger partial charge on any atom is 0.131 e. The number of aromatic nitrogens is 2. The van der Waals surface area contributed by atoms with Gasteiger partial charge in [-0.25, -0.2) is 9.97 Å². The highest BCUT2D eigenvalue weighted by Gasteiger charge is 2.11. The molecule has 3 heterocycles. The summed E-state index contributed by atoms with van der Waals surface area (Å²) in [5, 5.41) is 0. The number of hydrogen-bond donors (Lipinski definition) is 0. The van der Waals surface area contributed by atoms with Gasteiger partial charge in [0.2, 0.25) is 0 Å². The van der Waals surface area contributed by atoms with Crippen molar-refractivity contribution in [2.45, 2.75) is 27.2 Å². The Labute approximate surface area is 151 Å². The Morgan fingerprint density at radius 3 is 2.48 bits per heavy atom. The molecule has 25 heavy (non-hydrogen) atoms. The van der Waals surface area contributed by atoms with Crippen LogP contribution in [0, 0.1) is 13.8 Å². The van der Waals surface area contributed by atoms with Crippen molar-refractivity contribution in [3.8, 4) is 0 Å². The van der Waals surface area contributed by atoms with Gasteiger partial charge in [-0.2, -0.15) is 0 Å². The smallest absolute Gasteiger partial charge is 0.131 e. The second kappa shape index (κ2) is 9.99. The predicted octanol–water partition coefficient (Wildman–Crippen LogP) is 3.46. The van der Waals surface area contributed by atoms with Crippen LogP contribution in [0.15, 0.2) is 36.7 Å². The van der Waals surface area contributed by atoms with Crippen LogP contribution in [0.5, 0.6) is 0 Å². The van der Waals surface area contributed by atoms with E-state index in [2.05, 4.69) is 65.8 Å². The molecule has 1 aliphatic rings. The summed E-state index contributed by atoms with van der Waals surface area (Å²) in [7, 11) is 2.08. The van der Waals surface area contributed by atoms with Crippen molar-refractivity contribution in [2.75, 3.05) is 49.7 Å². The van der Waals surface area contributed by atoms with Crippen molar-refractivity contribution in [1.82, 2.24) is 9.97 Å². The van der Waals surface area contributed by atoms with Gasteiger partial charge in [-0.3, -0.25) is 0 Å². The molecule has 0 bridgehead atoms. The average Bonchev–Trinajstić information content (AvgIpc) is 2.64. The fourth-order valence-electron chi connectivity index (χ4n) is 2.76. The first-order valence-electron chi connectivity index (χ1n) is 9.00. The van der Waals surface area contributed by atoms with Crippen molar-refractivity contribution in [3.05, 3.63) is 47.8 Å². The maximum absolute atomic E-state index is 5.28. The zero-order chi connectivity index (χ0) is 18.1. The minimum atomic E-state index is 0.815. The van der Waals surface area contributed by atoms with Crippen LogP contribution in [0.1, 0.15) is 24.5 Å². The molecule has 2 aromatic heterocycles. The largest absolute Gasteiger partial charge is 0.378 e. The fraction of sp³-hybridized carbons (Fsp3) is 0.500. The molecule has 1 aliphatic heterocycles. The summed E-state index contributed by atoms with van der Waals surface area (Å²) < 4.78 is 5.28. The van der Waals surface area contributed by atoms with Gasteiger partial charge < -0.3 is 14.5 Å². The van der Waals surface area contributed by atoms with E-state index in [1.54, 1.807) is 0 Å². The highest BCUT2D eigenvalue weighted by molar-refractivity contribution is 5.44. The van der Waals surface area contributed by atoms with Crippen molar-refractivity contribution in [2.24, 2.45) is 0 Å². The van der Waals surface area contributed by atoms with Crippen LogP contribution in [0.2, 0.25) is 0 Å². The molecule has 1 saturated heterocycles. The third kappa shape index (κ3) is 6.02. The highest BCUT2D eigenvalue weighted by atomic mass is 16.5. The second-order valence-electron chi connectivity index (χ2n) is 6.36. The van der Waals surface area contributed by atoms with Gasteiger partial charge in [0.15, 0.2) is 0 Å². The van der Waals surface area contributed by atoms with Gasteiger partial charge in [-0.1, -0.05) is 19.1 Å². The summed E-state index contributed by atoms with van der Waals surface area (Å²) in [6, 6.07) is 8.23. The number of ether oxygens (including phenoxy) is 1. The van der Waals surface area contributed by atoms with E-state index in [-0.39, 0.29) is 0 Å². The highest BCUT2D eigenvalue weighted by Crippen LogP contribution is 2.14. The Hall–Kier alpha value is -2.14. The molecule has 0 N–H and O–H groups in total. The summed E-state index contributed by atoms with van der Waals surface area (Å²) in [6.07, 6.45) is 4.91. The number of rotatable bonds is 4. The number of aryl methyl sites for hydroxylation is 2. The molecule has 5 nitrogen and oxygen atoms in total. The lowest BCUT2D eigenvalue weighted by Crippen LogP contribution is -2.36. The summed E-state index contributed by atoms with van der Waals surface area (Å²) in [5.41, 5.74) is 2.45. The van der Waals surface area contributed by atoms with Gasteiger partial charge in [0.05, 0.1) is 13.2 Å². The lowest BCUT2D eigenvalue weighted by atomic mass is 10.2. The Bertz CT molecular complexity index is 624. The zero-order valence-electron chi connectivity index (χ0n) is 15.9. The zero-order valence-corrected chi connectivity index (χ0v) is 15.9. The molecular formula is C20H30N4O. The van der Waals surface area contributed by atoms with Gasteiger partial charge in [0, 0.05) is 39.1 Å². The van der Waals surface area contributed by atoms with Crippen LogP contribution in [0.3, 0.4) is 0 Å². The van der Waals surface area contributed by atoms with Crippen LogP contribution < -0.4 is 9.80 Å². The first-order valence-corrected chi connectivity index (χ1v) is 9.00. The molecule has 0 saturated carbocycles. The molecule has 0 spiro atoms. The van der Waals surface area contributed by atoms with Crippen LogP contribution in [-0.2, 0) is 4.74 Å². The van der Waals surface area contributed by atoms with E-state index in [0.29, 0.717) is 0 Å². The molecule has 0 amide bonds. The maximum atomic E-state index is 5.28. The van der Waals surface area contributed by atoms with Crippen LogP contribution in [0.25, 0.3) is 0 Å². The van der Waals surface area contributed by atoms with E-state index in [1.165, 1.54) is 11.1 Å². The van der Waals surface area contributed by atoms with Gasteiger partial charge in [0.1, 0.15) is 11.6 Å². The number of pyridine rings is 2. The van der Waals surface area contributed by atoms with Crippen molar-refractivity contribution >= 4 is 11.6 Å². The second-order valence-corrected chi connectivity index (χ2v) is 6.36. The summed E-state index contributed by atoms with van der Waals surface area (Å²) in [5.74, 6) is 2.16. The lowest BCUT2D eigenvalue weighted by molar-refractivity contribution is 0.122. The Morgan fingerprint density at radius 2 is 1.88 bits per heavy atom. The van der Waals surface area contributed by atoms with E-state index >= 15 is 0 Å². The molecule has 0 unspecified atom stereocenters. The summed E-state index contributed by atoms with van der Waals surface area (Å²) >= 11 is 0. The van der Waals surface area contributed by atoms with E-state index in [4.69, 9.17) is 4.74 Å². The SMILES string of the molecule is CCCN(C)c1ncccc1C.Cc1ccc(N2CCOCC2)nc1. The van der Waals surface area contributed by atoms with E-state index in [9.17, 15) is 0 Å². The molecule has 136 valence electrons. The fourth-order valence-corrected chi connectivity index (χ4v) is 2.76. The molecule has 0 atom stereocenters. The van der Waals surface area contributed by atoms with Crippen molar-refractivity contribution in [3.63, 3.8) is 0 Å². The first-order chi connectivity index (χ1) is 12.1. The first kappa shape index (κ1) is 19.2. The normalized spacial score (nSPS) is 13.8. The van der Waals surface area contributed by atoms with Crippen LogP contribution in [0.4, 0.5) is 11.6 Å².